The SMILES string of the molecule is NNCCCCCC=O. The first kappa shape index (κ1) is 8.59. The van der Waals surface area contributed by atoms with E-state index in [0.29, 0.717) is 6.42 Å². The zero-order chi connectivity index (χ0) is 6.95. The quantitative estimate of drug-likeness (QED) is 0.234. The van der Waals surface area contributed by atoms with Gasteiger partial charge in [-0.3, -0.25) is 11.3 Å². The van der Waals surface area contributed by atoms with Crippen molar-refractivity contribution < 1.29 is 4.79 Å². The summed E-state index contributed by atoms with van der Waals surface area (Å²) in [6, 6.07) is 0. The molecular weight excluding hydrogens is 116 g/mol. The number of rotatable bonds is 6. The molecule has 0 rings (SSSR count). The molecule has 0 aliphatic rings. The lowest BCUT2D eigenvalue weighted by molar-refractivity contribution is -0.107. The smallest absolute Gasteiger partial charge is 0.119 e. The van der Waals surface area contributed by atoms with E-state index in [9.17, 15) is 4.79 Å². The van der Waals surface area contributed by atoms with Gasteiger partial charge in [0.25, 0.3) is 0 Å². The van der Waals surface area contributed by atoms with E-state index in [0.717, 1.165) is 32.1 Å². The van der Waals surface area contributed by atoms with Crippen molar-refractivity contribution in [3.8, 4) is 0 Å². The average Bonchev–Trinajstić information content (AvgIpc) is 1.89. The van der Waals surface area contributed by atoms with Gasteiger partial charge in [0.2, 0.25) is 0 Å². The normalized spacial score (nSPS) is 9.44. The Bertz CT molecular complexity index is 66.1. The topological polar surface area (TPSA) is 55.1 Å². The van der Waals surface area contributed by atoms with Crippen molar-refractivity contribution >= 4 is 6.29 Å². The van der Waals surface area contributed by atoms with Gasteiger partial charge < -0.3 is 4.79 Å². The number of unbranched alkanes of at least 4 members (excludes halogenated alkanes) is 3. The lowest BCUT2D eigenvalue weighted by Gasteiger charge is -1.95. The number of hydrogen-bond donors (Lipinski definition) is 2. The lowest BCUT2D eigenvalue weighted by Crippen LogP contribution is -2.22. The van der Waals surface area contributed by atoms with E-state index in [1.54, 1.807) is 0 Å². The Morgan fingerprint density at radius 2 is 2.11 bits per heavy atom. The monoisotopic (exact) mass is 130 g/mol. The molecule has 0 atom stereocenters. The van der Waals surface area contributed by atoms with Crippen LogP contribution in [0.4, 0.5) is 0 Å². The van der Waals surface area contributed by atoms with Gasteiger partial charge >= 0.3 is 0 Å². The molecule has 0 aromatic carbocycles. The van der Waals surface area contributed by atoms with Crippen molar-refractivity contribution in [1.29, 1.82) is 0 Å². The number of hydrogen-bond acceptors (Lipinski definition) is 3. The van der Waals surface area contributed by atoms with Crippen molar-refractivity contribution in [2.45, 2.75) is 25.7 Å². The lowest BCUT2D eigenvalue weighted by atomic mass is 10.2. The van der Waals surface area contributed by atoms with Gasteiger partial charge in [0, 0.05) is 13.0 Å². The molecule has 0 bridgehead atoms. The van der Waals surface area contributed by atoms with Gasteiger partial charge in [-0.1, -0.05) is 6.42 Å². The van der Waals surface area contributed by atoms with Crippen LogP contribution in [0.3, 0.4) is 0 Å². The van der Waals surface area contributed by atoms with Gasteiger partial charge in [0.1, 0.15) is 6.29 Å². The minimum absolute atomic E-state index is 0.685. The largest absolute Gasteiger partial charge is 0.303 e. The summed E-state index contributed by atoms with van der Waals surface area (Å²) in [4.78, 5) is 9.80. The molecule has 3 heteroatoms. The molecule has 0 heterocycles. The number of nitrogens with two attached hydrogens (primary N) is 1. The zero-order valence-electron chi connectivity index (χ0n) is 5.60. The fourth-order valence-corrected chi connectivity index (χ4v) is 0.632. The number of nitrogens with one attached hydrogen (secondary N) is 1. The minimum Gasteiger partial charge on any atom is -0.303 e. The van der Waals surface area contributed by atoms with Crippen molar-refractivity contribution in [1.82, 2.24) is 5.43 Å². The van der Waals surface area contributed by atoms with E-state index in [4.69, 9.17) is 5.84 Å². The molecule has 0 amide bonds. The van der Waals surface area contributed by atoms with Gasteiger partial charge in [-0.05, 0) is 12.8 Å². The van der Waals surface area contributed by atoms with Crippen LogP contribution in [0, 0.1) is 0 Å². The van der Waals surface area contributed by atoms with Crippen molar-refractivity contribution in [2.75, 3.05) is 6.54 Å². The summed E-state index contributed by atoms with van der Waals surface area (Å²) in [5, 5.41) is 0. The Balaban J connectivity index is 2.66. The molecule has 0 saturated carbocycles. The van der Waals surface area contributed by atoms with E-state index in [1.165, 1.54) is 0 Å². The molecule has 0 spiro atoms. The van der Waals surface area contributed by atoms with Crippen LogP contribution >= 0.6 is 0 Å². The molecule has 0 radical (unpaired) electrons. The Morgan fingerprint density at radius 3 is 2.67 bits per heavy atom. The highest BCUT2D eigenvalue weighted by atomic mass is 16.1. The standard InChI is InChI=1S/C6H14N2O/c7-8-5-3-1-2-4-6-9/h6,8H,1-5,7H2. The first-order valence-corrected chi connectivity index (χ1v) is 3.29. The van der Waals surface area contributed by atoms with Crippen LogP contribution in [0.2, 0.25) is 0 Å². The third-order valence-corrected chi connectivity index (χ3v) is 1.14. The molecule has 0 aromatic rings. The summed E-state index contributed by atoms with van der Waals surface area (Å²) < 4.78 is 0. The number of carbonyl (C=O) groups is 1. The van der Waals surface area contributed by atoms with E-state index < -0.39 is 0 Å². The van der Waals surface area contributed by atoms with Crippen molar-refractivity contribution in [3.63, 3.8) is 0 Å². The summed E-state index contributed by atoms with van der Waals surface area (Å²) in [6.45, 7) is 0.846. The van der Waals surface area contributed by atoms with E-state index >= 15 is 0 Å². The molecule has 3 nitrogen and oxygen atoms in total. The second kappa shape index (κ2) is 7.59. The first-order chi connectivity index (χ1) is 4.41. The van der Waals surface area contributed by atoms with E-state index in [1.807, 2.05) is 0 Å². The predicted molar refractivity (Wildman–Crippen MR) is 36.7 cm³/mol. The predicted octanol–water partition coefficient (Wildman–Crippen LogP) is 0.209. The van der Waals surface area contributed by atoms with Crippen LogP contribution < -0.4 is 11.3 Å². The number of carbonyl (C=O) groups excluding carboxylic acids is 1. The zero-order valence-corrected chi connectivity index (χ0v) is 5.60. The maximum atomic E-state index is 9.80. The van der Waals surface area contributed by atoms with Crippen LogP contribution in [0.5, 0.6) is 0 Å². The highest BCUT2D eigenvalue weighted by molar-refractivity contribution is 5.48. The molecule has 9 heavy (non-hydrogen) atoms. The fraction of sp³-hybridized carbons (Fsp3) is 0.833. The minimum atomic E-state index is 0.685. The van der Waals surface area contributed by atoms with Crippen LogP contribution in [0.25, 0.3) is 0 Å². The van der Waals surface area contributed by atoms with E-state index in [-0.39, 0.29) is 0 Å². The van der Waals surface area contributed by atoms with Crippen LogP contribution in [-0.4, -0.2) is 12.8 Å². The van der Waals surface area contributed by atoms with Gasteiger partial charge in [0.05, 0.1) is 0 Å². The Morgan fingerprint density at radius 1 is 1.33 bits per heavy atom. The Kier molecular flexibility index (Phi) is 7.24. The maximum Gasteiger partial charge on any atom is 0.119 e. The average molecular weight is 130 g/mol. The van der Waals surface area contributed by atoms with E-state index in [2.05, 4.69) is 5.43 Å². The second-order valence-corrected chi connectivity index (χ2v) is 1.97. The van der Waals surface area contributed by atoms with Gasteiger partial charge in [0.15, 0.2) is 0 Å². The highest BCUT2D eigenvalue weighted by Gasteiger charge is 1.85. The summed E-state index contributed by atoms with van der Waals surface area (Å²) in [7, 11) is 0. The van der Waals surface area contributed by atoms with Crippen molar-refractivity contribution in [3.05, 3.63) is 0 Å². The third kappa shape index (κ3) is 7.59. The fourth-order valence-electron chi connectivity index (χ4n) is 0.632. The van der Waals surface area contributed by atoms with Crippen LogP contribution in [0.15, 0.2) is 0 Å². The molecule has 0 saturated heterocycles. The Hall–Kier alpha value is -0.410. The van der Waals surface area contributed by atoms with Gasteiger partial charge in [-0.2, -0.15) is 0 Å². The summed E-state index contributed by atoms with van der Waals surface area (Å²) in [5.74, 6) is 5.02. The molecule has 0 aromatic heterocycles. The molecule has 0 fully saturated rings. The third-order valence-electron chi connectivity index (χ3n) is 1.14. The Labute approximate surface area is 55.6 Å². The summed E-state index contributed by atoms with van der Waals surface area (Å²) in [6.07, 6.45) is 4.78. The van der Waals surface area contributed by atoms with Crippen LogP contribution in [-0.2, 0) is 4.79 Å². The van der Waals surface area contributed by atoms with Crippen LogP contribution in [0.1, 0.15) is 25.7 Å². The first-order valence-electron chi connectivity index (χ1n) is 3.29. The highest BCUT2D eigenvalue weighted by Crippen LogP contribution is 1.95. The van der Waals surface area contributed by atoms with Crippen molar-refractivity contribution in [2.24, 2.45) is 5.84 Å². The number of hydrazine groups is 1. The molecule has 3 N–H and O–H groups in total. The second-order valence-electron chi connectivity index (χ2n) is 1.97. The summed E-state index contributed by atoms with van der Waals surface area (Å²) >= 11 is 0. The molecule has 0 aliphatic carbocycles. The molecule has 0 aliphatic heterocycles. The molecule has 54 valence electrons. The maximum absolute atomic E-state index is 9.80. The molecular formula is C6H14N2O. The van der Waals surface area contributed by atoms with Gasteiger partial charge in [-0.15, -0.1) is 0 Å². The van der Waals surface area contributed by atoms with Gasteiger partial charge in [-0.25, -0.2) is 0 Å². The number of aldehydes is 1. The summed E-state index contributed by atoms with van der Waals surface area (Å²) in [5.41, 5.74) is 2.56. The molecule has 0 unspecified atom stereocenters.